The summed E-state index contributed by atoms with van der Waals surface area (Å²) >= 11 is 0. The van der Waals surface area contributed by atoms with E-state index in [4.69, 9.17) is 27.1 Å². The molecule has 6 aromatic rings. The van der Waals surface area contributed by atoms with Crippen LogP contribution in [-0.4, -0.2) is 31.5 Å². The molecule has 0 spiro atoms. The number of ketones is 2. The van der Waals surface area contributed by atoms with Crippen LogP contribution < -0.4 is 27.1 Å². The summed E-state index contributed by atoms with van der Waals surface area (Å²) < 4.78 is 36.2. The molecule has 0 amide bonds. The fourth-order valence-electron chi connectivity index (χ4n) is 4.51. The van der Waals surface area contributed by atoms with Crippen molar-refractivity contribution < 1.29 is 36.7 Å². The lowest BCUT2D eigenvalue weighted by molar-refractivity contribution is 0.0975. The Morgan fingerprint density at radius 1 is 0.375 bits per heavy atom. The van der Waals surface area contributed by atoms with Crippen molar-refractivity contribution in [3.63, 3.8) is 0 Å². The molecule has 0 unspecified atom stereocenters. The molecule has 4 heterocycles. The van der Waals surface area contributed by atoms with Gasteiger partial charge in [-0.2, -0.15) is 0 Å². The van der Waals surface area contributed by atoms with Crippen LogP contribution in [0.2, 0.25) is 0 Å². The zero-order chi connectivity index (χ0) is 32.7. The third-order valence-electron chi connectivity index (χ3n) is 6.56. The second-order valence-electron chi connectivity index (χ2n) is 9.68. The predicted octanol–water partition coefficient (Wildman–Crippen LogP) is 7.57. The first-order valence-corrected chi connectivity index (χ1v) is 16.5. The molecule has 0 aliphatic heterocycles. The van der Waals surface area contributed by atoms with Crippen molar-refractivity contribution in [2.45, 2.75) is 0 Å². The zero-order valence-corrected chi connectivity index (χ0v) is 26.4. The molecule has 1 aliphatic carbocycles. The van der Waals surface area contributed by atoms with Gasteiger partial charge in [0.15, 0.2) is 5.78 Å². The molecular weight excluding hydrogens is 654 g/mol. The Morgan fingerprint density at radius 2 is 0.729 bits per heavy atom. The number of aromatic nitrogens is 4. The van der Waals surface area contributed by atoms with E-state index in [1.54, 1.807) is 134 Å². The third-order valence-corrected chi connectivity index (χ3v) is 8.60. The van der Waals surface area contributed by atoms with Crippen molar-refractivity contribution in [2.24, 2.45) is 0 Å². The van der Waals surface area contributed by atoms with Crippen LogP contribution in [0, 0.1) is 0 Å². The molecule has 1 aliphatic rings. The van der Waals surface area contributed by atoms with Gasteiger partial charge in [-0.05, 0) is 36.4 Å². The second-order valence-corrected chi connectivity index (χ2v) is 11.7. The Hall–Kier alpha value is -5.96. The Bertz CT molecular complexity index is 1820. The molecule has 0 atom stereocenters. The van der Waals surface area contributed by atoms with Gasteiger partial charge in [-0.3, -0.25) is 9.59 Å². The first-order valence-electron chi connectivity index (χ1n) is 14.3. The Labute approximate surface area is 276 Å². The average Bonchev–Trinajstić information content (AvgIpc) is 3.12. The molecule has 7 rings (SSSR count). The number of hydrogen-bond acceptors (Lipinski definition) is 12. The van der Waals surface area contributed by atoms with Gasteiger partial charge in [-0.25, -0.2) is 19.9 Å². The monoisotopic (exact) mass is 676 g/mol. The minimum Gasteiger partial charge on any atom is -0.408 e. The number of carbonyl (C=O) groups is 2. The molecule has 0 bridgehead atoms. The lowest BCUT2D eigenvalue weighted by atomic mass is 9.83. The normalized spacial score (nSPS) is 11.8. The predicted molar refractivity (Wildman–Crippen MR) is 174 cm³/mol. The molecular formula is C34H22N4O8P2. The largest absolute Gasteiger partial charge is 0.532 e. The first kappa shape index (κ1) is 30.7. The summed E-state index contributed by atoms with van der Waals surface area (Å²) in [6, 6.07) is 29.9. The minimum absolute atomic E-state index is 0.00779. The highest BCUT2D eigenvalue weighted by molar-refractivity contribution is 7.43. The number of pyridine rings is 4. The van der Waals surface area contributed by atoms with Gasteiger partial charge in [0.2, 0.25) is 29.3 Å². The highest BCUT2D eigenvalue weighted by Gasteiger charge is 2.37. The number of benzene rings is 2. The number of carbonyl (C=O) groups excluding carboxylic acids is 2. The van der Waals surface area contributed by atoms with Crippen LogP contribution in [0.15, 0.2) is 134 Å². The van der Waals surface area contributed by atoms with Gasteiger partial charge in [-0.1, -0.05) is 48.5 Å². The van der Waals surface area contributed by atoms with Crippen molar-refractivity contribution in [1.82, 2.24) is 19.9 Å². The van der Waals surface area contributed by atoms with Crippen LogP contribution in [0.4, 0.5) is 0 Å². The van der Waals surface area contributed by atoms with Crippen LogP contribution in [0.5, 0.6) is 35.0 Å². The van der Waals surface area contributed by atoms with Gasteiger partial charge in [0.25, 0.3) is 0 Å². The van der Waals surface area contributed by atoms with Crippen molar-refractivity contribution >= 4 is 28.8 Å². The van der Waals surface area contributed by atoms with Gasteiger partial charge >= 0.3 is 17.2 Å². The van der Waals surface area contributed by atoms with Gasteiger partial charge in [0.05, 0.1) is 11.1 Å². The van der Waals surface area contributed by atoms with E-state index in [1.807, 2.05) is 0 Å². The van der Waals surface area contributed by atoms with Crippen LogP contribution in [0.1, 0.15) is 31.8 Å². The Balaban J connectivity index is 1.23. The zero-order valence-electron chi connectivity index (χ0n) is 24.7. The highest BCUT2D eigenvalue weighted by Crippen LogP contribution is 2.47. The quantitative estimate of drug-likeness (QED) is 0.118. The number of hydrogen-bond donors (Lipinski definition) is 0. The van der Waals surface area contributed by atoms with E-state index in [0.717, 1.165) is 0 Å². The van der Waals surface area contributed by atoms with E-state index >= 15 is 0 Å². The van der Waals surface area contributed by atoms with Crippen LogP contribution >= 0.6 is 17.2 Å². The molecule has 0 saturated carbocycles. The van der Waals surface area contributed by atoms with Gasteiger partial charge in [-0.15, -0.1) is 0 Å². The van der Waals surface area contributed by atoms with Crippen LogP contribution in [-0.2, 0) is 0 Å². The van der Waals surface area contributed by atoms with E-state index in [1.165, 1.54) is 0 Å². The van der Waals surface area contributed by atoms with Crippen LogP contribution in [0.3, 0.4) is 0 Å². The third kappa shape index (κ3) is 6.90. The Morgan fingerprint density at radius 3 is 1.04 bits per heavy atom. The topological polar surface area (TPSA) is 141 Å². The molecule has 12 nitrogen and oxygen atoms in total. The standard InChI is InChI=1S/C34H22N4O8P2/c39-33-23-11-9-13-25(41-47(43-27-15-1-5-19-35-27)44-28-16-2-6-20-36-28)31(23)34(40)32-24(33)12-10-14-26(32)42-48(45-29-17-3-7-21-37-29)46-30-18-4-8-22-38-30/h1-22H. The fraction of sp³-hybridized carbons (Fsp3) is 0. The number of nitrogens with zero attached hydrogens (tertiary/aromatic N) is 4. The van der Waals surface area contributed by atoms with Crippen LogP contribution in [0.25, 0.3) is 0 Å². The first-order chi connectivity index (χ1) is 23.6. The molecule has 14 heteroatoms. The summed E-state index contributed by atoms with van der Waals surface area (Å²) in [5.41, 5.74) is 0.302. The molecule has 0 fully saturated rings. The lowest BCUT2D eigenvalue weighted by Crippen LogP contribution is -2.23. The maximum Gasteiger partial charge on any atom is 0.532 e. The van der Waals surface area contributed by atoms with Gasteiger partial charge < -0.3 is 27.1 Å². The summed E-state index contributed by atoms with van der Waals surface area (Å²) in [4.78, 5) is 45.0. The summed E-state index contributed by atoms with van der Waals surface area (Å²) in [5, 5.41) is 0. The smallest absolute Gasteiger partial charge is 0.408 e. The SMILES string of the molecule is O=C1c2cccc(OP(Oc3ccccn3)Oc3ccccn3)c2C(=O)c2c(OP(Oc3ccccn3)Oc3ccccn3)cccc21. The highest BCUT2D eigenvalue weighted by atomic mass is 31.2. The van der Waals surface area contributed by atoms with Gasteiger partial charge in [0, 0.05) is 60.2 Å². The molecule has 236 valence electrons. The summed E-state index contributed by atoms with van der Waals surface area (Å²) in [5.74, 6) is 0.0774. The molecule has 2 aromatic carbocycles. The fourth-order valence-corrected chi connectivity index (χ4v) is 6.41. The van der Waals surface area contributed by atoms with Gasteiger partial charge in [0.1, 0.15) is 11.5 Å². The van der Waals surface area contributed by atoms with E-state index in [-0.39, 0.29) is 57.3 Å². The number of fused-ring (bicyclic) bond motifs is 2. The maximum absolute atomic E-state index is 14.4. The Kier molecular flexibility index (Phi) is 9.08. The molecule has 0 radical (unpaired) electrons. The van der Waals surface area contributed by atoms with Crippen molar-refractivity contribution in [3.05, 3.63) is 156 Å². The average molecular weight is 677 g/mol. The molecule has 0 saturated heterocycles. The van der Waals surface area contributed by atoms with E-state index in [2.05, 4.69) is 19.9 Å². The van der Waals surface area contributed by atoms with E-state index in [0.29, 0.717) is 0 Å². The maximum atomic E-state index is 14.4. The summed E-state index contributed by atoms with van der Waals surface area (Å²) in [6.45, 7) is 0. The van der Waals surface area contributed by atoms with Crippen molar-refractivity contribution in [3.8, 4) is 35.0 Å². The number of rotatable bonds is 12. The van der Waals surface area contributed by atoms with Crippen molar-refractivity contribution in [1.29, 1.82) is 0 Å². The minimum atomic E-state index is -2.25. The summed E-state index contributed by atoms with van der Waals surface area (Å²) in [6.07, 6.45) is 6.22. The second kappa shape index (κ2) is 14.2. The lowest BCUT2D eigenvalue weighted by Gasteiger charge is -2.24. The molecule has 0 N–H and O–H groups in total. The van der Waals surface area contributed by atoms with E-state index < -0.39 is 28.8 Å². The molecule has 4 aromatic heterocycles. The van der Waals surface area contributed by atoms with E-state index in [9.17, 15) is 9.59 Å². The molecule has 48 heavy (non-hydrogen) atoms. The summed E-state index contributed by atoms with van der Waals surface area (Å²) in [7, 11) is -4.51. The van der Waals surface area contributed by atoms with Crippen molar-refractivity contribution in [2.75, 3.05) is 0 Å².